The summed E-state index contributed by atoms with van der Waals surface area (Å²) in [4.78, 5) is 15.9. The number of anilines is 1. The molecule has 1 N–H and O–H groups in total. The number of aromatic nitrogens is 3. The molecular weight excluding hydrogens is 494 g/mol. The molecule has 3 heterocycles. The van der Waals surface area contributed by atoms with Gasteiger partial charge in [0.15, 0.2) is 0 Å². The molecule has 7 heteroatoms. The van der Waals surface area contributed by atoms with Gasteiger partial charge in [0.2, 0.25) is 0 Å². The maximum atomic E-state index is 14.0. The molecule has 6 rings (SSSR count). The number of fused-ring (bicyclic) bond motifs is 3. The number of urea groups is 1. The summed E-state index contributed by atoms with van der Waals surface area (Å²) < 4.78 is 4.15. The Morgan fingerprint density at radius 3 is 2.53 bits per heavy atom. The van der Waals surface area contributed by atoms with Gasteiger partial charge in [0.25, 0.3) is 0 Å². The Bertz CT molecular complexity index is 1650. The molecule has 1 atom stereocenters. The molecule has 190 valence electrons. The van der Waals surface area contributed by atoms with E-state index in [1.54, 1.807) is 6.07 Å². The van der Waals surface area contributed by atoms with Gasteiger partial charge in [0.05, 0.1) is 29.7 Å². The van der Waals surface area contributed by atoms with E-state index >= 15 is 0 Å². The molecule has 38 heavy (non-hydrogen) atoms. The number of carbonyl (C=O) groups is 1. The number of hydrogen-bond acceptors (Lipinski definition) is 2. The van der Waals surface area contributed by atoms with E-state index in [0.717, 1.165) is 45.1 Å². The van der Waals surface area contributed by atoms with Crippen LogP contribution >= 0.6 is 11.6 Å². The van der Waals surface area contributed by atoms with Gasteiger partial charge >= 0.3 is 6.03 Å². The number of carbonyl (C=O) groups excluding carboxylic acids is 1. The molecule has 0 radical (unpaired) electrons. The lowest BCUT2D eigenvalue weighted by atomic mass is 10.00. The third kappa shape index (κ3) is 4.17. The highest BCUT2D eigenvalue weighted by Crippen LogP contribution is 2.39. The minimum absolute atomic E-state index is 0.205. The summed E-state index contributed by atoms with van der Waals surface area (Å²) >= 11 is 6.37. The maximum Gasteiger partial charge on any atom is 0.322 e. The Morgan fingerprint density at radius 1 is 0.947 bits per heavy atom. The quantitative estimate of drug-likeness (QED) is 0.269. The zero-order valence-electron chi connectivity index (χ0n) is 21.5. The summed E-state index contributed by atoms with van der Waals surface area (Å²) in [5, 5.41) is 8.63. The van der Waals surface area contributed by atoms with Crippen molar-refractivity contribution in [2.45, 2.75) is 33.4 Å². The molecule has 1 aliphatic heterocycles. The summed E-state index contributed by atoms with van der Waals surface area (Å²) in [6, 6.07) is 27.6. The van der Waals surface area contributed by atoms with Gasteiger partial charge < -0.3 is 14.8 Å². The van der Waals surface area contributed by atoms with E-state index in [-0.39, 0.29) is 12.1 Å². The van der Waals surface area contributed by atoms with Crippen LogP contribution in [-0.2, 0) is 6.54 Å². The topological polar surface area (TPSA) is 55.1 Å². The molecular formula is C31H28ClN5O. The number of para-hydroxylation sites is 1. The number of benzene rings is 3. The molecule has 1 unspecified atom stereocenters. The molecule has 0 saturated carbocycles. The first-order valence-corrected chi connectivity index (χ1v) is 13.0. The molecule has 2 aromatic heterocycles. The van der Waals surface area contributed by atoms with Gasteiger partial charge in [-0.15, -0.1) is 0 Å². The van der Waals surface area contributed by atoms with Crippen LogP contribution in [0.2, 0.25) is 5.02 Å². The molecule has 0 spiro atoms. The van der Waals surface area contributed by atoms with Crippen molar-refractivity contribution in [2.24, 2.45) is 0 Å². The number of halogens is 1. The second kappa shape index (κ2) is 9.54. The fourth-order valence-electron chi connectivity index (χ4n) is 5.21. The summed E-state index contributed by atoms with van der Waals surface area (Å²) in [5.74, 6) is 0.944. The lowest BCUT2D eigenvalue weighted by molar-refractivity contribution is 0.194. The summed E-state index contributed by atoms with van der Waals surface area (Å²) in [7, 11) is 0. The van der Waals surface area contributed by atoms with E-state index in [1.165, 1.54) is 0 Å². The Labute approximate surface area is 227 Å². The molecule has 1 aliphatic rings. The number of rotatable bonds is 3. The molecule has 0 fully saturated rings. The lowest BCUT2D eigenvalue weighted by Crippen LogP contribution is -2.38. The lowest BCUT2D eigenvalue weighted by Gasteiger charge is -2.31. The Kier molecular flexibility index (Phi) is 6.04. The average molecular weight is 522 g/mol. The second-order valence-corrected chi connectivity index (χ2v) is 10.2. The van der Waals surface area contributed by atoms with Crippen molar-refractivity contribution in [3.8, 4) is 11.5 Å². The Balaban J connectivity index is 1.53. The fourth-order valence-corrected chi connectivity index (χ4v) is 5.39. The SMILES string of the molecule is Cc1cccc(C2c3cccn3-c3c(c(C)nn3-c3ccccc3)CN2C(=O)Nc2ccc(C)c(Cl)c2)c1. The Morgan fingerprint density at radius 2 is 1.76 bits per heavy atom. The van der Waals surface area contributed by atoms with Crippen molar-refractivity contribution in [3.05, 3.63) is 130 Å². The molecule has 2 amide bonds. The summed E-state index contributed by atoms with van der Waals surface area (Å²) in [5.41, 5.74) is 7.64. The van der Waals surface area contributed by atoms with Crippen molar-refractivity contribution >= 4 is 23.3 Å². The van der Waals surface area contributed by atoms with E-state index in [0.29, 0.717) is 17.3 Å². The van der Waals surface area contributed by atoms with Gasteiger partial charge in [0, 0.05) is 22.5 Å². The third-order valence-electron chi connectivity index (χ3n) is 7.13. The summed E-state index contributed by atoms with van der Waals surface area (Å²) in [6.45, 7) is 6.41. The van der Waals surface area contributed by atoms with Gasteiger partial charge in [-0.25, -0.2) is 9.48 Å². The molecule has 3 aromatic carbocycles. The van der Waals surface area contributed by atoms with Gasteiger partial charge in [-0.05, 0) is 68.3 Å². The van der Waals surface area contributed by atoms with Crippen LogP contribution in [0.1, 0.15) is 39.7 Å². The van der Waals surface area contributed by atoms with Crippen molar-refractivity contribution < 1.29 is 4.79 Å². The largest absolute Gasteiger partial charge is 0.322 e. The number of amides is 2. The van der Waals surface area contributed by atoms with Crippen molar-refractivity contribution in [1.29, 1.82) is 0 Å². The number of nitrogens with one attached hydrogen (secondary N) is 1. The number of nitrogens with zero attached hydrogens (tertiary/aromatic N) is 4. The van der Waals surface area contributed by atoms with Crippen LogP contribution in [0.4, 0.5) is 10.5 Å². The Hall–Kier alpha value is -4.29. The van der Waals surface area contributed by atoms with Crippen LogP contribution < -0.4 is 5.32 Å². The monoisotopic (exact) mass is 521 g/mol. The molecule has 0 bridgehead atoms. The van der Waals surface area contributed by atoms with Crippen LogP contribution in [0.25, 0.3) is 11.5 Å². The summed E-state index contributed by atoms with van der Waals surface area (Å²) in [6.07, 6.45) is 2.05. The van der Waals surface area contributed by atoms with Crippen LogP contribution in [0, 0.1) is 20.8 Å². The average Bonchev–Trinajstić information content (AvgIpc) is 3.47. The zero-order chi connectivity index (χ0) is 26.4. The third-order valence-corrected chi connectivity index (χ3v) is 7.54. The van der Waals surface area contributed by atoms with E-state index in [2.05, 4.69) is 47.3 Å². The van der Waals surface area contributed by atoms with Crippen LogP contribution in [0.5, 0.6) is 0 Å². The minimum atomic E-state index is -0.318. The highest BCUT2D eigenvalue weighted by atomic mass is 35.5. The number of hydrogen-bond donors (Lipinski definition) is 1. The van der Waals surface area contributed by atoms with E-state index in [1.807, 2.05) is 78.0 Å². The molecule has 0 aliphatic carbocycles. The minimum Gasteiger partial charge on any atom is -0.308 e. The van der Waals surface area contributed by atoms with Gasteiger partial charge in [0.1, 0.15) is 5.82 Å². The predicted molar refractivity (Wildman–Crippen MR) is 151 cm³/mol. The van der Waals surface area contributed by atoms with Gasteiger partial charge in [-0.3, -0.25) is 0 Å². The fraction of sp³-hybridized carbons (Fsp3) is 0.161. The van der Waals surface area contributed by atoms with E-state index in [4.69, 9.17) is 16.7 Å². The van der Waals surface area contributed by atoms with Crippen LogP contribution in [0.3, 0.4) is 0 Å². The van der Waals surface area contributed by atoms with Crippen molar-refractivity contribution in [3.63, 3.8) is 0 Å². The van der Waals surface area contributed by atoms with Crippen LogP contribution in [0.15, 0.2) is 91.1 Å². The van der Waals surface area contributed by atoms with Crippen molar-refractivity contribution in [2.75, 3.05) is 5.32 Å². The van der Waals surface area contributed by atoms with Gasteiger partial charge in [-0.1, -0.05) is 65.7 Å². The molecule has 0 saturated heterocycles. The van der Waals surface area contributed by atoms with Crippen molar-refractivity contribution in [1.82, 2.24) is 19.2 Å². The smallest absolute Gasteiger partial charge is 0.308 e. The van der Waals surface area contributed by atoms with E-state index in [9.17, 15) is 4.79 Å². The van der Waals surface area contributed by atoms with Gasteiger partial charge in [-0.2, -0.15) is 5.10 Å². The first kappa shape index (κ1) is 24.1. The normalized spacial score (nSPS) is 14.5. The standard InChI is InChI=1S/C31H28ClN5O/c1-20-9-7-10-23(17-20)29-28-13-8-16-35(28)30-26(22(3)34-37(30)25-11-5-4-6-12-25)19-36(29)31(38)33-24-15-14-21(2)27(32)18-24/h4-18,29H,19H2,1-3H3,(H,33,38). The number of aryl methyl sites for hydroxylation is 3. The molecule has 5 aromatic rings. The zero-order valence-corrected chi connectivity index (χ0v) is 22.3. The first-order valence-electron chi connectivity index (χ1n) is 12.6. The molecule has 6 nitrogen and oxygen atoms in total. The highest BCUT2D eigenvalue weighted by Gasteiger charge is 2.36. The second-order valence-electron chi connectivity index (χ2n) is 9.78. The first-order chi connectivity index (χ1) is 18.4. The highest BCUT2D eigenvalue weighted by molar-refractivity contribution is 6.31. The maximum absolute atomic E-state index is 14.0. The van der Waals surface area contributed by atoms with E-state index < -0.39 is 0 Å². The predicted octanol–water partition coefficient (Wildman–Crippen LogP) is 7.38. The van der Waals surface area contributed by atoms with Crippen LogP contribution in [-0.4, -0.2) is 25.3 Å².